The van der Waals surface area contributed by atoms with Crippen LogP contribution >= 0.6 is 0 Å². The van der Waals surface area contributed by atoms with Gasteiger partial charge in [0.2, 0.25) is 0 Å². The van der Waals surface area contributed by atoms with Crippen molar-refractivity contribution < 1.29 is 34.4 Å². The maximum absolute atomic E-state index is 10.9. The minimum Gasteiger partial charge on any atom is -0.448 e. The van der Waals surface area contributed by atoms with Crippen LogP contribution in [0.5, 0.6) is 0 Å². The molecule has 0 amide bonds. The standard InChI is InChI=1S/C11H9N2O.Na/c1-8(14)6-9-7-12-10-4-2-3-5-11(10)13-9;/h2-5H,6H2,1H3;/q-1;+1. The van der Waals surface area contributed by atoms with E-state index in [0.29, 0.717) is 12.1 Å². The fraction of sp³-hybridized carbons (Fsp3) is 0.182. The minimum absolute atomic E-state index is 0. The van der Waals surface area contributed by atoms with Crippen molar-refractivity contribution in [2.45, 2.75) is 13.3 Å². The van der Waals surface area contributed by atoms with Gasteiger partial charge in [0.05, 0.1) is 0 Å². The molecule has 70 valence electrons. The van der Waals surface area contributed by atoms with E-state index in [9.17, 15) is 4.79 Å². The Labute approximate surface area is 110 Å². The van der Waals surface area contributed by atoms with Crippen LogP contribution in [0.4, 0.5) is 0 Å². The molecule has 0 aliphatic heterocycles. The van der Waals surface area contributed by atoms with Gasteiger partial charge in [0.25, 0.3) is 0 Å². The second-order valence-electron chi connectivity index (χ2n) is 3.15. The third kappa shape index (κ3) is 3.09. The average molecular weight is 208 g/mol. The zero-order chi connectivity index (χ0) is 9.97. The van der Waals surface area contributed by atoms with E-state index >= 15 is 0 Å². The van der Waals surface area contributed by atoms with Crippen LogP contribution in [-0.2, 0) is 11.2 Å². The summed E-state index contributed by atoms with van der Waals surface area (Å²) in [5.74, 6) is 0.0748. The molecule has 1 heterocycles. The number of aromatic nitrogens is 2. The zero-order valence-corrected chi connectivity index (χ0v) is 10.8. The number of carbonyl (C=O) groups excluding carboxylic acids is 1. The van der Waals surface area contributed by atoms with E-state index in [2.05, 4.69) is 16.2 Å². The van der Waals surface area contributed by atoms with Gasteiger partial charge in [0.15, 0.2) is 0 Å². The first kappa shape index (κ1) is 12.3. The van der Waals surface area contributed by atoms with E-state index in [1.807, 2.05) is 24.3 Å². The molecule has 0 N–H and O–H groups in total. The van der Waals surface area contributed by atoms with E-state index in [4.69, 9.17) is 0 Å². The van der Waals surface area contributed by atoms with E-state index < -0.39 is 0 Å². The second-order valence-corrected chi connectivity index (χ2v) is 3.15. The van der Waals surface area contributed by atoms with Crippen LogP contribution in [0, 0.1) is 6.20 Å². The number of nitrogens with zero attached hydrogens (tertiary/aromatic N) is 2. The monoisotopic (exact) mass is 208 g/mol. The smallest absolute Gasteiger partial charge is 0.448 e. The molecular weight excluding hydrogens is 199 g/mol. The molecule has 0 fully saturated rings. The molecule has 0 bridgehead atoms. The van der Waals surface area contributed by atoms with Gasteiger partial charge in [-0.05, 0) is 12.6 Å². The van der Waals surface area contributed by atoms with Gasteiger partial charge < -0.3 is 4.98 Å². The van der Waals surface area contributed by atoms with Gasteiger partial charge in [-0.15, -0.1) is 12.3 Å². The van der Waals surface area contributed by atoms with Crippen LogP contribution < -0.4 is 29.6 Å². The number of rotatable bonds is 2. The molecule has 3 nitrogen and oxygen atoms in total. The molecule has 0 saturated heterocycles. The Morgan fingerprint density at radius 2 is 2.00 bits per heavy atom. The van der Waals surface area contributed by atoms with Crippen LogP contribution in [0.25, 0.3) is 11.0 Å². The molecule has 2 rings (SSSR count). The van der Waals surface area contributed by atoms with E-state index in [1.165, 1.54) is 6.92 Å². The van der Waals surface area contributed by atoms with Crippen LogP contribution in [-0.4, -0.2) is 15.8 Å². The van der Waals surface area contributed by atoms with Crippen molar-refractivity contribution in [3.05, 3.63) is 36.2 Å². The van der Waals surface area contributed by atoms with E-state index in [1.54, 1.807) is 0 Å². The Morgan fingerprint density at radius 1 is 1.33 bits per heavy atom. The second kappa shape index (κ2) is 5.35. The number of Topliss-reactive ketones (excluding diaryl/α,β-unsaturated/α-hetero) is 1. The Morgan fingerprint density at radius 3 is 2.67 bits per heavy atom. The predicted molar refractivity (Wildman–Crippen MR) is 52.8 cm³/mol. The molecule has 0 radical (unpaired) electrons. The number of carbonyl (C=O) groups is 1. The summed E-state index contributed by atoms with van der Waals surface area (Å²) in [6.07, 6.45) is 3.06. The van der Waals surface area contributed by atoms with Crippen LogP contribution in [0.15, 0.2) is 24.3 Å². The van der Waals surface area contributed by atoms with Crippen LogP contribution in [0.2, 0.25) is 0 Å². The SMILES string of the molecule is CC(=O)Cc1[c-]nc2ccccc2n1.[Na+]. The zero-order valence-electron chi connectivity index (χ0n) is 8.82. The molecule has 15 heavy (non-hydrogen) atoms. The summed E-state index contributed by atoms with van der Waals surface area (Å²) < 4.78 is 0. The molecular formula is C11H9N2NaO. The van der Waals surface area contributed by atoms with Crippen LogP contribution in [0.3, 0.4) is 0 Å². The molecule has 1 aromatic heterocycles. The summed E-state index contributed by atoms with van der Waals surface area (Å²) in [5, 5.41) is 0. The number of para-hydroxylation sites is 2. The first-order valence-corrected chi connectivity index (χ1v) is 4.38. The van der Waals surface area contributed by atoms with E-state index in [-0.39, 0.29) is 35.3 Å². The number of fused-ring (bicyclic) bond motifs is 1. The first-order valence-electron chi connectivity index (χ1n) is 4.38. The summed E-state index contributed by atoms with van der Waals surface area (Å²) in [5.41, 5.74) is 2.22. The Balaban J connectivity index is 0.00000112. The Kier molecular flexibility index (Phi) is 4.39. The summed E-state index contributed by atoms with van der Waals surface area (Å²) in [6, 6.07) is 7.54. The molecule has 0 aliphatic rings. The van der Waals surface area contributed by atoms with Gasteiger partial charge in [-0.25, -0.2) is 0 Å². The van der Waals surface area contributed by atoms with Crippen molar-refractivity contribution in [2.75, 3.05) is 0 Å². The van der Waals surface area contributed by atoms with Gasteiger partial charge >= 0.3 is 29.6 Å². The molecule has 0 unspecified atom stereocenters. The fourth-order valence-electron chi connectivity index (χ4n) is 1.26. The predicted octanol–water partition coefficient (Wildman–Crippen LogP) is -1.43. The largest absolute Gasteiger partial charge is 1.00 e. The molecule has 0 aliphatic carbocycles. The number of benzene rings is 1. The summed E-state index contributed by atoms with van der Waals surface area (Å²) in [4.78, 5) is 19.2. The third-order valence-corrected chi connectivity index (χ3v) is 1.86. The normalized spacial score (nSPS) is 9.67. The molecule has 1 aromatic carbocycles. The van der Waals surface area contributed by atoms with Gasteiger partial charge in [-0.1, -0.05) is 23.7 Å². The molecule has 2 aromatic rings. The topological polar surface area (TPSA) is 42.9 Å². The maximum atomic E-state index is 10.9. The number of ketones is 1. The molecule has 0 saturated carbocycles. The fourth-order valence-corrected chi connectivity index (χ4v) is 1.26. The van der Waals surface area contributed by atoms with Crippen molar-refractivity contribution in [1.29, 1.82) is 0 Å². The Bertz CT molecular complexity index is 485. The number of hydrogen-bond acceptors (Lipinski definition) is 3. The Hall–Kier alpha value is -0.770. The van der Waals surface area contributed by atoms with Crippen molar-refractivity contribution in [3.63, 3.8) is 0 Å². The van der Waals surface area contributed by atoms with Gasteiger partial charge in [0.1, 0.15) is 5.78 Å². The summed E-state index contributed by atoms with van der Waals surface area (Å²) in [7, 11) is 0. The minimum atomic E-state index is 0. The molecule has 0 spiro atoms. The average Bonchev–Trinajstić information content (AvgIpc) is 2.17. The molecule has 4 heteroatoms. The third-order valence-electron chi connectivity index (χ3n) is 1.86. The molecule has 0 atom stereocenters. The van der Waals surface area contributed by atoms with Gasteiger partial charge in [0, 0.05) is 11.9 Å². The van der Waals surface area contributed by atoms with Crippen molar-refractivity contribution in [2.24, 2.45) is 0 Å². The van der Waals surface area contributed by atoms with E-state index in [0.717, 1.165) is 11.0 Å². The first-order chi connectivity index (χ1) is 6.75. The summed E-state index contributed by atoms with van der Waals surface area (Å²) >= 11 is 0. The van der Waals surface area contributed by atoms with Crippen molar-refractivity contribution in [1.82, 2.24) is 9.97 Å². The van der Waals surface area contributed by atoms with Gasteiger partial charge in [-0.2, -0.15) is 0 Å². The van der Waals surface area contributed by atoms with Crippen molar-refractivity contribution in [3.8, 4) is 0 Å². The number of hydrogen-bond donors (Lipinski definition) is 0. The van der Waals surface area contributed by atoms with Gasteiger partial charge in [-0.3, -0.25) is 9.78 Å². The van der Waals surface area contributed by atoms with Crippen molar-refractivity contribution >= 4 is 16.8 Å². The quantitative estimate of drug-likeness (QED) is 0.448. The maximum Gasteiger partial charge on any atom is 1.00 e. The van der Waals surface area contributed by atoms with Crippen LogP contribution in [0.1, 0.15) is 12.6 Å². The summed E-state index contributed by atoms with van der Waals surface area (Å²) in [6.45, 7) is 1.53.